The van der Waals surface area contributed by atoms with Crippen LogP contribution in [0.3, 0.4) is 0 Å². The predicted molar refractivity (Wildman–Crippen MR) is 52.9 cm³/mol. The first-order valence-electron chi connectivity index (χ1n) is 5.25. The van der Waals surface area contributed by atoms with E-state index in [-0.39, 0.29) is 0 Å². The zero-order valence-electron chi connectivity index (χ0n) is 8.71. The molecular weight excluding hydrogens is 166 g/mol. The summed E-state index contributed by atoms with van der Waals surface area (Å²) in [6.45, 7) is 7.82. The molecule has 0 aromatic rings. The highest BCUT2D eigenvalue weighted by Crippen LogP contribution is 2.10. The average molecular weight is 187 g/mol. The Labute approximate surface area is 80.8 Å². The normalized spacial score (nSPS) is 21.7. The van der Waals surface area contributed by atoms with Crippen molar-refractivity contribution >= 4 is 0 Å². The largest absolute Gasteiger partial charge is 0.381 e. The van der Waals surface area contributed by atoms with E-state index in [0.29, 0.717) is 12.1 Å². The molecular formula is C10H21NO2. The van der Waals surface area contributed by atoms with Crippen molar-refractivity contribution in [1.29, 1.82) is 0 Å². The summed E-state index contributed by atoms with van der Waals surface area (Å²) in [6, 6.07) is 0.466. The summed E-state index contributed by atoms with van der Waals surface area (Å²) in [5, 5.41) is 3.33. The number of hydrogen-bond acceptors (Lipinski definition) is 3. The van der Waals surface area contributed by atoms with E-state index in [2.05, 4.69) is 19.2 Å². The zero-order valence-corrected chi connectivity index (χ0v) is 8.71. The van der Waals surface area contributed by atoms with Crippen molar-refractivity contribution in [3.8, 4) is 0 Å². The van der Waals surface area contributed by atoms with Gasteiger partial charge in [-0.25, -0.2) is 0 Å². The molecule has 0 radical (unpaired) electrons. The van der Waals surface area contributed by atoms with Crippen molar-refractivity contribution in [1.82, 2.24) is 5.32 Å². The molecule has 0 aliphatic carbocycles. The van der Waals surface area contributed by atoms with Gasteiger partial charge in [0, 0.05) is 19.3 Å². The molecule has 0 bridgehead atoms. The molecule has 0 aromatic heterocycles. The lowest BCUT2D eigenvalue weighted by Crippen LogP contribution is -2.33. The summed E-state index contributed by atoms with van der Waals surface area (Å²) in [5.41, 5.74) is 0. The van der Waals surface area contributed by atoms with Gasteiger partial charge in [0.15, 0.2) is 0 Å². The summed E-state index contributed by atoms with van der Waals surface area (Å²) < 4.78 is 11.0. The van der Waals surface area contributed by atoms with Crippen LogP contribution >= 0.6 is 0 Å². The Bertz CT molecular complexity index is 124. The minimum Gasteiger partial charge on any atom is -0.381 e. The molecule has 0 aromatic carbocycles. The number of rotatable bonds is 5. The van der Waals surface area contributed by atoms with E-state index in [1.807, 2.05) is 0 Å². The molecule has 0 amide bonds. The molecule has 1 unspecified atom stereocenters. The third-order valence-corrected chi connectivity index (χ3v) is 2.30. The number of ether oxygens (including phenoxy) is 2. The summed E-state index contributed by atoms with van der Waals surface area (Å²) in [7, 11) is 0. The maximum Gasteiger partial charge on any atom is 0.0620 e. The lowest BCUT2D eigenvalue weighted by atomic mass is 10.1. The topological polar surface area (TPSA) is 30.5 Å². The first-order chi connectivity index (χ1) is 6.33. The van der Waals surface area contributed by atoms with Crippen LogP contribution in [-0.4, -0.2) is 38.5 Å². The van der Waals surface area contributed by atoms with E-state index in [4.69, 9.17) is 9.47 Å². The second-order valence-corrected chi connectivity index (χ2v) is 3.60. The highest BCUT2D eigenvalue weighted by Gasteiger charge is 2.14. The summed E-state index contributed by atoms with van der Waals surface area (Å²) in [5.74, 6) is 0. The van der Waals surface area contributed by atoms with Gasteiger partial charge in [0.25, 0.3) is 0 Å². The van der Waals surface area contributed by atoms with Crippen LogP contribution in [0.2, 0.25) is 0 Å². The Kier molecular flexibility index (Phi) is 5.35. The summed E-state index contributed by atoms with van der Waals surface area (Å²) >= 11 is 0. The molecule has 13 heavy (non-hydrogen) atoms. The number of likely N-dealkylation sites (N-methyl/N-ethyl adjacent to an activating group) is 1. The predicted octanol–water partition coefficient (Wildman–Crippen LogP) is 1.18. The monoisotopic (exact) mass is 187 g/mol. The van der Waals surface area contributed by atoms with Crippen LogP contribution in [0, 0.1) is 0 Å². The second kappa shape index (κ2) is 6.35. The molecule has 0 saturated carbocycles. The molecule has 3 heteroatoms. The van der Waals surface area contributed by atoms with Crippen molar-refractivity contribution in [3.63, 3.8) is 0 Å². The van der Waals surface area contributed by atoms with Gasteiger partial charge in [0.2, 0.25) is 0 Å². The lowest BCUT2D eigenvalue weighted by molar-refractivity contribution is -0.0367. The highest BCUT2D eigenvalue weighted by atomic mass is 16.5. The fourth-order valence-electron chi connectivity index (χ4n) is 1.53. The highest BCUT2D eigenvalue weighted by molar-refractivity contribution is 4.65. The Balaban J connectivity index is 2.03. The molecule has 3 nitrogen and oxygen atoms in total. The van der Waals surface area contributed by atoms with Crippen LogP contribution in [0.5, 0.6) is 0 Å². The molecule has 0 spiro atoms. The van der Waals surface area contributed by atoms with Gasteiger partial charge in [-0.2, -0.15) is 0 Å². The van der Waals surface area contributed by atoms with Gasteiger partial charge in [-0.3, -0.25) is 0 Å². The van der Waals surface area contributed by atoms with Crippen LogP contribution in [-0.2, 0) is 9.47 Å². The van der Waals surface area contributed by atoms with E-state index < -0.39 is 0 Å². The van der Waals surface area contributed by atoms with Crippen LogP contribution in [0.25, 0.3) is 0 Å². The number of nitrogens with one attached hydrogen (secondary N) is 1. The molecule has 1 aliphatic rings. The third-order valence-electron chi connectivity index (χ3n) is 2.30. The quantitative estimate of drug-likeness (QED) is 0.701. The van der Waals surface area contributed by atoms with E-state index >= 15 is 0 Å². The standard InChI is InChI=1S/C10H21NO2/c1-3-11-9(2)8-13-10-4-6-12-7-5-10/h9-11H,3-8H2,1-2H3. The molecule has 1 N–H and O–H groups in total. The second-order valence-electron chi connectivity index (χ2n) is 3.60. The smallest absolute Gasteiger partial charge is 0.0620 e. The first-order valence-corrected chi connectivity index (χ1v) is 5.25. The van der Waals surface area contributed by atoms with Crippen LogP contribution in [0.15, 0.2) is 0 Å². The Morgan fingerprint density at radius 3 is 2.77 bits per heavy atom. The Morgan fingerprint density at radius 2 is 2.15 bits per heavy atom. The van der Waals surface area contributed by atoms with E-state index in [1.54, 1.807) is 0 Å². The van der Waals surface area contributed by atoms with Crippen LogP contribution in [0.4, 0.5) is 0 Å². The zero-order chi connectivity index (χ0) is 9.52. The van der Waals surface area contributed by atoms with E-state index in [9.17, 15) is 0 Å². The fourth-order valence-corrected chi connectivity index (χ4v) is 1.53. The summed E-state index contributed by atoms with van der Waals surface area (Å²) in [4.78, 5) is 0. The molecule has 1 aliphatic heterocycles. The minimum atomic E-state index is 0.426. The van der Waals surface area contributed by atoms with Crippen LogP contribution < -0.4 is 5.32 Å². The maximum atomic E-state index is 5.75. The molecule has 1 heterocycles. The van der Waals surface area contributed by atoms with Gasteiger partial charge in [-0.15, -0.1) is 0 Å². The van der Waals surface area contributed by atoms with E-state index in [1.165, 1.54) is 0 Å². The molecule has 1 saturated heterocycles. The number of hydrogen-bond donors (Lipinski definition) is 1. The minimum absolute atomic E-state index is 0.426. The SMILES string of the molecule is CCNC(C)COC1CCOCC1. The van der Waals surface area contributed by atoms with Crippen molar-refractivity contribution in [2.24, 2.45) is 0 Å². The van der Waals surface area contributed by atoms with Gasteiger partial charge >= 0.3 is 0 Å². The maximum absolute atomic E-state index is 5.75. The molecule has 78 valence electrons. The van der Waals surface area contributed by atoms with Crippen molar-refractivity contribution < 1.29 is 9.47 Å². The Hall–Kier alpha value is -0.120. The molecule has 1 fully saturated rings. The Morgan fingerprint density at radius 1 is 1.46 bits per heavy atom. The van der Waals surface area contributed by atoms with Crippen molar-refractivity contribution in [2.45, 2.75) is 38.8 Å². The van der Waals surface area contributed by atoms with Gasteiger partial charge in [-0.05, 0) is 26.3 Å². The van der Waals surface area contributed by atoms with Gasteiger partial charge in [-0.1, -0.05) is 6.92 Å². The first kappa shape index (κ1) is 11.0. The van der Waals surface area contributed by atoms with Gasteiger partial charge in [0.1, 0.15) is 0 Å². The van der Waals surface area contributed by atoms with Gasteiger partial charge in [0.05, 0.1) is 12.7 Å². The summed E-state index contributed by atoms with van der Waals surface area (Å²) in [6.07, 6.45) is 2.53. The third kappa shape index (κ3) is 4.60. The van der Waals surface area contributed by atoms with Crippen molar-refractivity contribution in [3.05, 3.63) is 0 Å². The van der Waals surface area contributed by atoms with Gasteiger partial charge < -0.3 is 14.8 Å². The van der Waals surface area contributed by atoms with E-state index in [0.717, 1.165) is 39.2 Å². The molecule has 1 rings (SSSR count). The fraction of sp³-hybridized carbons (Fsp3) is 1.00. The van der Waals surface area contributed by atoms with Crippen molar-refractivity contribution in [2.75, 3.05) is 26.4 Å². The lowest BCUT2D eigenvalue weighted by Gasteiger charge is -2.24. The average Bonchev–Trinajstić information content (AvgIpc) is 2.17. The van der Waals surface area contributed by atoms with Crippen LogP contribution in [0.1, 0.15) is 26.7 Å². The molecule has 1 atom stereocenters.